The molecular formula is C11H12N2O2. The highest BCUT2D eigenvalue weighted by atomic mass is 16.3. The summed E-state index contributed by atoms with van der Waals surface area (Å²) in [6.45, 7) is 2.08. The Bertz CT molecular complexity index is 502. The van der Waals surface area contributed by atoms with E-state index in [0.29, 0.717) is 23.6 Å². The average Bonchev–Trinajstić information content (AvgIpc) is 2.59. The molecule has 2 rings (SSSR count). The van der Waals surface area contributed by atoms with Crippen LogP contribution in [0.3, 0.4) is 0 Å². The number of carbonyl (C=O) groups is 1. The average molecular weight is 204 g/mol. The Labute approximate surface area is 87.3 Å². The zero-order valence-electron chi connectivity index (χ0n) is 8.70. The van der Waals surface area contributed by atoms with Crippen molar-refractivity contribution < 1.29 is 9.21 Å². The molecule has 1 aromatic carbocycles. The number of fused-ring (bicyclic) bond motifs is 1. The van der Waals surface area contributed by atoms with Crippen LogP contribution in [0.25, 0.3) is 11.1 Å². The normalized spacial score (nSPS) is 10.8. The highest BCUT2D eigenvalue weighted by Gasteiger charge is 2.11. The molecule has 0 unspecified atom stereocenters. The summed E-state index contributed by atoms with van der Waals surface area (Å²) < 4.78 is 5.51. The van der Waals surface area contributed by atoms with Crippen molar-refractivity contribution >= 4 is 16.9 Å². The third-order valence-corrected chi connectivity index (χ3v) is 2.17. The van der Waals surface area contributed by atoms with Crippen LogP contribution in [-0.4, -0.2) is 17.8 Å². The molecular weight excluding hydrogens is 192 g/mol. The predicted molar refractivity (Wildman–Crippen MR) is 56.8 cm³/mol. The van der Waals surface area contributed by atoms with E-state index in [9.17, 15) is 4.79 Å². The van der Waals surface area contributed by atoms with Gasteiger partial charge in [-0.1, -0.05) is 6.07 Å². The van der Waals surface area contributed by atoms with Gasteiger partial charge in [0.25, 0.3) is 0 Å². The van der Waals surface area contributed by atoms with Gasteiger partial charge in [-0.15, -0.1) is 0 Å². The van der Waals surface area contributed by atoms with Crippen molar-refractivity contribution in [2.75, 3.05) is 7.05 Å². The predicted octanol–water partition coefficient (Wildman–Crippen LogP) is 1.75. The van der Waals surface area contributed by atoms with Gasteiger partial charge in [-0.2, -0.15) is 0 Å². The van der Waals surface area contributed by atoms with Crippen LogP contribution in [0.2, 0.25) is 0 Å². The molecule has 4 nitrogen and oxygen atoms in total. The van der Waals surface area contributed by atoms with Gasteiger partial charge >= 0.3 is 0 Å². The second kappa shape index (κ2) is 3.82. The van der Waals surface area contributed by atoms with Gasteiger partial charge in [0.2, 0.25) is 5.89 Å². The number of rotatable bonds is 3. The maximum absolute atomic E-state index is 11.3. The molecule has 0 bridgehead atoms. The van der Waals surface area contributed by atoms with Crippen LogP contribution in [0.5, 0.6) is 0 Å². The first-order valence-corrected chi connectivity index (χ1v) is 4.76. The SMILES string of the molecule is CNCc1nc2cccc(C(C)=O)c2o1. The van der Waals surface area contributed by atoms with Gasteiger partial charge in [0.15, 0.2) is 11.4 Å². The number of para-hydroxylation sites is 1. The van der Waals surface area contributed by atoms with E-state index >= 15 is 0 Å². The Balaban J connectivity index is 2.59. The highest BCUT2D eigenvalue weighted by Crippen LogP contribution is 2.20. The van der Waals surface area contributed by atoms with E-state index in [1.807, 2.05) is 19.2 Å². The van der Waals surface area contributed by atoms with Crippen molar-refractivity contribution in [2.24, 2.45) is 0 Å². The second-order valence-electron chi connectivity index (χ2n) is 3.35. The van der Waals surface area contributed by atoms with Crippen molar-refractivity contribution in [2.45, 2.75) is 13.5 Å². The van der Waals surface area contributed by atoms with Crippen molar-refractivity contribution in [1.82, 2.24) is 10.3 Å². The Morgan fingerprint density at radius 1 is 1.53 bits per heavy atom. The minimum absolute atomic E-state index is 0.00671. The Morgan fingerprint density at radius 2 is 2.33 bits per heavy atom. The fourth-order valence-corrected chi connectivity index (χ4v) is 1.50. The van der Waals surface area contributed by atoms with Crippen molar-refractivity contribution in [3.8, 4) is 0 Å². The minimum Gasteiger partial charge on any atom is -0.439 e. The van der Waals surface area contributed by atoms with E-state index in [-0.39, 0.29) is 5.78 Å². The zero-order chi connectivity index (χ0) is 10.8. The molecule has 0 aliphatic heterocycles. The number of benzene rings is 1. The molecule has 0 saturated heterocycles. The summed E-state index contributed by atoms with van der Waals surface area (Å²) in [5, 5.41) is 2.95. The summed E-state index contributed by atoms with van der Waals surface area (Å²) in [6.07, 6.45) is 0. The van der Waals surface area contributed by atoms with Crippen molar-refractivity contribution in [3.63, 3.8) is 0 Å². The van der Waals surface area contributed by atoms with Crippen LogP contribution in [0.15, 0.2) is 22.6 Å². The number of ketones is 1. The summed E-state index contributed by atoms with van der Waals surface area (Å²) >= 11 is 0. The van der Waals surface area contributed by atoms with E-state index in [4.69, 9.17) is 4.42 Å². The van der Waals surface area contributed by atoms with Gasteiger partial charge in [-0.05, 0) is 26.1 Å². The Kier molecular flexibility index (Phi) is 2.51. The van der Waals surface area contributed by atoms with E-state index in [2.05, 4.69) is 10.3 Å². The lowest BCUT2D eigenvalue weighted by molar-refractivity contribution is 0.101. The van der Waals surface area contributed by atoms with Gasteiger partial charge in [-0.25, -0.2) is 4.98 Å². The number of nitrogens with one attached hydrogen (secondary N) is 1. The fraction of sp³-hybridized carbons (Fsp3) is 0.273. The molecule has 15 heavy (non-hydrogen) atoms. The number of Topliss-reactive ketones (excluding diaryl/α,β-unsaturated/α-hetero) is 1. The summed E-state index contributed by atoms with van der Waals surface area (Å²) in [5.41, 5.74) is 1.89. The fourth-order valence-electron chi connectivity index (χ4n) is 1.50. The lowest BCUT2D eigenvalue weighted by Crippen LogP contribution is -2.04. The number of hydrogen-bond donors (Lipinski definition) is 1. The van der Waals surface area contributed by atoms with Crippen LogP contribution < -0.4 is 5.32 Å². The molecule has 0 spiro atoms. The topological polar surface area (TPSA) is 55.1 Å². The second-order valence-corrected chi connectivity index (χ2v) is 3.35. The minimum atomic E-state index is -0.00671. The molecule has 0 aliphatic rings. The summed E-state index contributed by atoms with van der Waals surface area (Å²) in [5.74, 6) is 0.592. The lowest BCUT2D eigenvalue weighted by Gasteiger charge is -1.94. The van der Waals surface area contributed by atoms with Gasteiger partial charge in [-0.3, -0.25) is 4.79 Å². The number of oxazole rings is 1. The first-order valence-electron chi connectivity index (χ1n) is 4.76. The molecule has 2 aromatic rings. The molecule has 0 amide bonds. The summed E-state index contributed by atoms with van der Waals surface area (Å²) in [7, 11) is 1.82. The third-order valence-electron chi connectivity index (χ3n) is 2.17. The van der Waals surface area contributed by atoms with Crippen LogP contribution in [0.4, 0.5) is 0 Å². The maximum Gasteiger partial charge on any atom is 0.209 e. The quantitative estimate of drug-likeness (QED) is 0.774. The van der Waals surface area contributed by atoms with Gasteiger partial charge in [0.1, 0.15) is 5.52 Å². The molecule has 4 heteroatoms. The molecule has 1 heterocycles. The van der Waals surface area contributed by atoms with E-state index in [1.54, 1.807) is 6.07 Å². The van der Waals surface area contributed by atoms with Crippen LogP contribution in [0, 0.1) is 0 Å². The number of hydrogen-bond acceptors (Lipinski definition) is 4. The van der Waals surface area contributed by atoms with Gasteiger partial charge < -0.3 is 9.73 Å². The molecule has 0 saturated carbocycles. The monoisotopic (exact) mass is 204 g/mol. The Hall–Kier alpha value is -1.68. The zero-order valence-corrected chi connectivity index (χ0v) is 8.70. The molecule has 1 N–H and O–H groups in total. The van der Waals surface area contributed by atoms with E-state index in [1.165, 1.54) is 6.92 Å². The Morgan fingerprint density at radius 3 is 3.00 bits per heavy atom. The number of nitrogens with zero attached hydrogens (tertiary/aromatic N) is 1. The summed E-state index contributed by atoms with van der Waals surface area (Å²) in [4.78, 5) is 15.6. The van der Waals surface area contributed by atoms with Crippen molar-refractivity contribution in [3.05, 3.63) is 29.7 Å². The first-order chi connectivity index (χ1) is 7.22. The number of aromatic nitrogens is 1. The molecule has 0 atom stereocenters. The van der Waals surface area contributed by atoms with Crippen LogP contribution in [-0.2, 0) is 6.54 Å². The van der Waals surface area contributed by atoms with E-state index < -0.39 is 0 Å². The third kappa shape index (κ3) is 1.76. The number of carbonyl (C=O) groups excluding carboxylic acids is 1. The highest BCUT2D eigenvalue weighted by molar-refractivity contribution is 6.03. The van der Waals surface area contributed by atoms with Crippen molar-refractivity contribution in [1.29, 1.82) is 0 Å². The van der Waals surface area contributed by atoms with Crippen LogP contribution in [0.1, 0.15) is 23.2 Å². The smallest absolute Gasteiger partial charge is 0.209 e. The van der Waals surface area contributed by atoms with E-state index in [0.717, 1.165) is 5.52 Å². The molecule has 0 aliphatic carbocycles. The summed E-state index contributed by atoms with van der Waals surface area (Å²) in [6, 6.07) is 5.40. The molecule has 0 radical (unpaired) electrons. The van der Waals surface area contributed by atoms with Crippen LogP contribution >= 0.6 is 0 Å². The standard InChI is InChI=1S/C11H12N2O2/c1-7(14)8-4-3-5-9-11(8)15-10(13-9)6-12-2/h3-5,12H,6H2,1-2H3. The lowest BCUT2D eigenvalue weighted by atomic mass is 10.1. The maximum atomic E-state index is 11.3. The first kappa shape index (κ1) is 9.86. The van der Waals surface area contributed by atoms with Gasteiger partial charge in [0.05, 0.1) is 12.1 Å². The largest absolute Gasteiger partial charge is 0.439 e. The van der Waals surface area contributed by atoms with Gasteiger partial charge in [0, 0.05) is 0 Å². The molecule has 1 aromatic heterocycles. The molecule has 0 fully saturated rings. The molecule has 78 valence electrons.